The maximum Gasteiger partial charge on any atom is 0.227 e. The molecule has 1 fully saturated rings. The number of likely N-dealkylation sites (tertiary alicyclic amines) is 1. The van der Waals surface area contributed by atoms with Crippen LogP contribution >= 0.6 is 0 Å². The van der Waals surface area contributed by atoms with Gasteiger partial charge in [-0.15, -0.1) is 0 Å². The van der Waals surface area contributed by atoms with Gasteiger partial charge in [0.1, 0.15) is 11.5 Å². The molecule has 1 atom stereocenters. The van der Waals surface area contributed by atoms with E-state index >= 15 is 0 Å². The van der Waals surface area contributed by atoms with E-state index in [9.17, 15) is 5.11 Å². The molecule has 10 heteroatoms. The summed E-state index contributed by atoms with van der Waals surface area (Å²) in [6.45, 7) is 4.31. The van der Waals surface area contributed by atoms with Crippen LogP contribution in [-0.4, -0.2) is 63.4 Å². The minimum Gasteiger partial charge on any atom is -0.497 e. The van der Waals surface area contributed by atoms with Gasteiger partial charge in [-0.2, -0.15) is 0 Å². The van der Waals surface area contributed by atoms with Crippen LogP contribution in [0.15, 0.2) is 122 Å². The molecule has 0 unspecified atom stereocenters. The van der Waals surface area contributed by atoms with E-state index in [0.717, 1.165) is 77.5 Å². The van der Waals surface area contributed by atoms with E-state index in [0.29, 0.717) is 17.9 Å². The van der Waals surface area contributed by atoms with Crippen LogP contribution in [0.4, 0.5) is 23.3 Å². The van der Waals surface area contributed by atoms with Crippen LogP contribution in [0.1, 0.15) is 30.9 Å². The molecule has 2 aromatic heterocycles. The van der Waals surface area contributed by atoms with Crippen molar-refractivity contribution in [1.29, 1.82) is 0 Å². The summed E-state index contributed by atoms with van der Waals surface area (Å²) in [4.78, 5) is 20.0. The van der Waals surface area contributed by atoms with Crippen LogP contribution in [0.2, 0.25) is 0 Å². The molecule has 52 heavy (non-hydrogen) atoms. The fourth-order valence-corrected chi connectivity index (χ4v) is 5.97. The number of ether oxygens (including phenoxy) is 2. The Kier molecular flexibility index (Phi) is 12.4. The maximum atomic E-state index is 9.47. The van der Waals surface area contributed by atoms with Gasteiger partial charge in [0.05, 0.1) is 20.8 Å². The predicted molar refractivity (Wildman–Crippen MR) is 207 cm³/mol. The third kappa shape index (κ3) is 9.69. The molecule has 0 radical (unpaired) electrons. The number of aryl methyl sites for hydroxylation is 1. The number of aliphatic hydroxyl groups is 1. The summed E-state index contributed by atoms with van der Waals surface area (Å²) in [5.74, 6) is 2.82. The van der Waals surface area contributed by atoms with Gasteiger partial charge in [-0.25, -0.2) is 19.9 Å². The molecule has 7 rings (SSSR count). The molecule has 0 bridgehead atoms. The fourth-order valence-electron chi connectivity index (χ4n) is 5.97. The van der Waals surface area contributed by atoms with Crippen molar-refractivity contribution in [3.05, 3.63) is 133 Å². The SMILES string of the molecule is CCc1ccc(Nc2ncc(-c3ccc(OC)cc3)cn2)cc1.COc1ccc(-c2cnc(Nc3ccc(CN4CCC[C@H]4CO)cc3)nc2)cc1. The van der Waals surface area contributed by atoms with Crippen molar-refractivity contribution in [2.45, 2.75) is 38.8 Å². The van der Waals surface area contributed by atoms with Gasteiger partial charge in [-0.05, 0) is 96.6 Å². The monoisotopic (exact) mass is 695 g/mol. The van der Waals surface area contributed by atoms with Gasteiger partial charge in [0.25, 0.3) is 0 Å². The van der Waals surface area contributed by atoms with E-state index in [2.05, 4.69) is 66.7 Å². The Morgan fingerprint density at radius 2 is 1.06 bits per heavy atom. The Labute approximate surface area is 305 Å². The van der Waals surface area contributed by atoms with E-state index in [4.69, 9.17) is 9.47 Å². The van der Waals surface area contributed by atoms with Gasteiger partial charge < -0.3 is 25.2 Å². The number of benzene rings is 4. The average Bonchev–Trinajstić information content (AvgIpc) is 3.67. The van der Waals surface area contributed by atoms with Crippen molar-refractivity contribution in [3.8, 4) is 33.8 Å². The van der Waals surface area contributed by atoms with Gasteiger partial charge in [0.15, 0.2) is 0 Å². The van der Waals surface area contributed by atoms with Crippen molar-refractivity contribution in [3.63, 3.8) is 0 Å². The standard InChI is InChI=1S/C23H26N4O2.C19H19N3O/c1-29-22-10-6-18(7-11-22)19-13-24-23(25-14-19)26-20-8-4-17(5-9-20)15-27-12-2-3-21(27)16-28;1-3-14-4-8-17(9-5-14)22-19-20-12-16(13-21-19)15-6-10-18(23-2)11-7-15/h4-11,13-14,21,28H,2-3,12,15-16H2,1H3,(H,24,25,26);4-13H,3H2,1-2H3,(H,20,21,22)/t21-;/m0./s1. The molecular formula is C42H45N7O3. The number of nitrogens with one attached hydrogen (secondary N) is 2. The first kappa shape index (κ1) is 36.0. The molecule has 3 N–H and O–H groups in total. The van der Waals surface area contributed by atoms with Crippen LogP contribution in [0.25, 0.3) is 22.3 Å². The largest absolute Gasteiger partial charge is 0.497 e. The molecule has 0 spiro atoms. The summed E-state index contributed by atoms with van der Waals surface area (Å²) in [7, 11) is 3.31. The first-order valence-corrected chi connectivity index (χ1v) is 17.5. The topological polar surface area (TPSA) is 118 Å². The van der Waals surface area contributed by atoms with Crippen LogP contribution in [0.3, 0.4) is 0 Å². The highest BCUT2D eigenvalue weighted by Crippen LogP contribution is 2.25. The van der Waals surface area contributed by atoms with Crippen LogP contribution < -0.4 is 20.1 Å². The molecule has 0 aliphatic carbocycles. The van der Waals surface area contributed by atoms with Gasteiger partial charge >= 0.3 is 0 Å². The highest BCUT2D eigenvalue weighted by atomic mass is 16.5. The number of nitrogens with zero attached hydrogens (tertiary/aromatic N) is 5. The molecule has 4 aromatic carbocycles. The van der Waals surface area contributed by atoms with Gasteiger partial charge in [-0.3, -0.25) is 4.90 Å². The Hall–Kier alpha value is -5.84. The first-order valence-electron chi connectivity index (χ1n) is 17.5. The summed E-state index contributed by atoms with van der Waals surface area (Å²) in [6.07, 6.45) is 10.5. The van der Waals surface area contributed by atoms with E-state index < -0.39 is 0 Å². The van der Waals surface area contributed by atoms with Crippen LogP contribution in [0, 0.1) is 0 Å². The molecule has 10 nitrogen and oxygen atoms in total. The molecule has 266 valence electrons. The Bertz CT molecular complexity index is 1950. The van der Waals surface area contributed by atoms with E-state index in [1.165, 1.54) is 11.1 Å². The minimum atomic E-state index is 0.240. The zero-order valence-electron chi connectivity index (χ0n) is 29.9. The molecule has 1 aliphatic heterocycles. The Balaban J connectivity index is 0.000000183. The highest BCUT2D eigenvalue weighted by molar-refractivity contribution is 5.65. The number of aliphatic hydroxyl groups excluding tert-OH is 1. The number of hydrogen-bond donors (Lipinski definition) is 3. The molecular weight excluding hydrogens is 651 g/mol. The van der Waals surface area contributed by atoms with Crippen LogP contribution in [0.5, 0.6) is 11.5 Å². The third-order valence-corrected chi connectivity index (χ3v) is 9.07. The maximum absolute atomic E-state index is 9.47. The quantitative estimate of drug-likeness (QED) is 0.115. The summed E-state index contributed by atoms with van der Waals surface area (Å²) in [6, 6.07) is 32.6. The Morgan fingerprint density at radius 1 is 0.615 bits per heavy atom. The van der Waals surface area contributed by atoms with E-state index in [-0.39, 0.29) is 6.61 Å². The summed E-state index contributed by atoms with van der Waals surface area (Å²) < 4.78 is 10.4. The van der Waals surface area contributed by atoms with Crippen LogP contribution in [-0.2, 0) is 13.0 Å². The van der Waals surface area contributed by atoms with Crippen molar-refractivity contribution in [1.82, 2.24) is 24.8 Å². The van der Waals surface area contributed by atoms with Gasteiger partial charge in [0.2, 0.25) is 11.9 Å². The molecule has 1 saturated heterocycles. The van der Waals surface area contributed by atoms with Crippen molar-refractivity contribution in [2.24, 2.45) is 0 Å². The zero-order valence-corrected chi connectivity index (χ0v) is 29.9. The second-order valence-corrected chi connectivity index (χ2v) is 12.5. The average molecular weight is 696 g/mol. The van der Waals surface area contributed by atoms with Gasteiger partial charge in [-0.1, -0.05) is 55.5 Å². The minimum absolute atomic E-state index is 0.240. The molecule has 1 aliphatic rings. The van der Waals surface area contributed by atoms with Crippen molar-refractivity contribution >= 4 is 23.3 Å². The van der Waals surface area contributed by atoms with Crippen molar-refractivity contribution in [2.75, 3.05) is 38.0 Å². The number of methoxy groups -OCH3 is 2. The molecule has 3 heterocycles. The second kappa shape index (κ2) is 17.9. The number of anilines is 4. The number of rotatable bonds is 12. The number of hydrogen-bond acceptors (Lipinski definition) is 10. The van der Waals surface area contributed by atoms with Crippen molar-refractivity contribution < 1.29 is 14.6 Å². The fraction of sp³-hybridized carbons (Fsp3) is 0.238. The predicted octanol–water partition coefficient (Wildman–Crippen LogP) is 8.31. The lowest BCUT2D eigenvalue weighted by molar-refractivity contribution is 0.153. The lowest BCUT2D eigenvalue weighted by atomic mass is 10.1. The number of aromatic nitrogens is 4. The Morgan fingerprint density at radius 3 is 1.46 bits per heavy atom. The normalized spacial score (nSPS) is 13.9. The van der Waals surface area contributed by atoms with Gasteiger partial charge in [0, 0.05) is 59.9 Å². The summed E-state index contributed by atoms with van der Waals surface area (Å²) >= 11 is 0. The second-order valence-electron chi connectivity index (χ2n) is 12.5. The molecule has 6 aromatic rings. The summed E-state index contributed by atoms with van der Waals surface area (Å²) in [5, 5.41) is 15.9. The third-order valence-electron chi connectivity index (χ3n) is 9.07. The summed E-state index contributed by atoms with van der Waals surface area (Å²) in [5.41, 5.74) is 8.52. The molecule has 0 saturated carbocycles. The lowest BCUT2D eigenvalue weighted by Crippen LogP contribution is -2.31. The molecule has 0 amide bonds. The highest BCUT2D eigenvalue weighted by Gasteiger charge is 2.23. The van der Waals surface area contributed by atoms with E-state index in [1.54, 1.807) is 14.2 Å². The first-order chi connectivity index (χ1) is 25.5. The zero-order chi connectivity index (χ0) is 36.1. The lowest BCUT2D eigenvalue weighted by Gasteiger charge is -2.22. The van der Waals surface area contributed by atoms with E-state index in [1.807, 2.05) is 97.6 Å². The smallest absolute Gasteiger partial charge is 0.227 e.